The second-order valence-electron chi connectivity index (χ2n) is 16.1. The number of imidazole rings is 2. The molecule has 3 saturated heterocycles. The number of methoxy groups -OCH3 is 2. The average Bonchev–Trinajstić information content (AvgIpc) is 4.14. The largest absolute Gasteiger partial charge is 0.453 e. The number of carbonyl (C=O) groups excluding carboxylic acids is 4. The van der Waals surface area contributed by atoms with Crippen LogP contribution in [0.4, 0.5) is 9.59 Å². The number of alkyl carbamates (subject to hydrolysis) is 2. The Hall–Kier alpha value is -6.48. The summed E-state index contributed by atoms with van der Waals surface area (Å²) in [5, 5.41) is 7.58. The van der Waals surface area contributed by atoms with E-state index in [1.165, 1.54) is 14.2 Å². The number of amides is 4. The molecule has 0 radical (unpaired) electrons. The molecule has 4 N–H and O–H groups in total. The summed E-state index contributed by atoms with van der Waals surface area (Å²) in [7, 11) is 2.58. The van der Waals surface area contributed by atoms with Crippen LogP contribution in [-0.4, -0.2) is 100 Å². The monoisotopic (exact) mass is 828 g/mol. The Kier molecular flexibility index (Phi) is 12.2. The third kappa shape index (κ3) is 8.74. The number of rotatable bonds is 10. The van der Waals surface area contributed by atoms with Crippen molar-refractivity contribution in [2.75, 3.05) is 40.5 Å². The fourth-order valence-corrected chi connectivity index (χ4v) is 8.68. The van der Waals surface area contributed by atoms with Crippen molar-refractivity contribution in [3.8, 4) is 33.6 Å². The number of nitrogens with zero attached hydrogens (tertiary/aromatic N) is 4. The van der Waals surface area contributed by atoms with E-state index < -0.39 is 18.2 Å². The highest BCUT2D eigenvalue weighted by molar-refractivity contribution is 5.97. The zero-order valence-electron chi connectivity index (χ0n) is 35.0. The van der Waals surface area contributed by atoms with E-state index in [9.17, 15) is 19.2 Å². The molecule has 15 nitrogen and oxygen atoms in total. The van der Waals surface area contributed by atoms with E-state index in [0.29, 0.717) is 45.0 Å². The molecule has 0 aliphatic carbocycles. The Morgan fingerprint density at radius 2 is 1.26 bits per heavy atom. The van der Waals surface area contributed by atoms with Gasteiger partial charge in [0.15, 0.2) is 0 Å². The van der Waals surface area contributed by atoms with Crippen LogP contribution in [0.15, 0.2) is 84.3 Å². The van der Waals surface area contributed by atoms with Crippen molar-refractivity contribution in [1.29, 1.82) is 0 Å². The molecule has 318 valence electrons. The van der Waals surface area contributed by atoms with Crippen LogP contribution in [0.3, 0.4) is 0 Å². The van der Waals surface area contributed by atoms with Gasteiger partial charge in [-0.2, -0.15) is 0 Å². The molecule has 3 aromatic carbocycles. The number of likely N-dealkylation sites (tertiary alicyclic amines) is 2. The number of nitrogens with one attached hydrogen (secondary N) is 4. The van der Waals surface area contributed by atoms with Gasteiger partial charge in [0.25, 0.3) is 5.91 Å². The van der Waals surface area contributed by atoms with Gasteiger partial charge in [-0.3, -0.25) is 14.9 Å². The van der Waals surface area contributed by atoms with Gasteiger partial charge >= 0.3 is 12.2 Å². The van der Waals surface area contributed by atoms with Crippen molar-refractivity contribution in [2.24, 2.45) is 5.92 Å². The van der Waals surface area contributed by atoms with E-state index in [4.69, 9.17) is 24.2 Å². The fourth-order valence-electron chi connectivity index (χ4n) is 8.68. The predicted molar refractivity (Wildman–Crippen MR) is 229 cm³/mol. The summed E-state index contributed by atoms with van der Waals surface area (Å²) in [5.74, 6) is 0.955. The van der Waals surface area contributed by atoms with Gasteiger partial charge in [-0.1, -0.05) is 62.4 Å². The minimum atomic E-state index is -0.691. The third-order valence-electron chi connectivity index (χ3n) is 12.0. The number of aromatic amines is 2. The number of ether oxygens (including phenoxy) is 3. The maximum atomic E-state index is 13.9. The van der Waals surface area contributed by atoms with Crippen LogP contribution in [0.2, 0.25) is 0 Å². The minimum Gasteiger partial charge on any atom is -0.453 e. The zero-order chi connectivity index (χ0) is 42.6. The van der Waals surface area contributed by atoms with Crippen LogP contribution in [0.25, 0.3) is 44.4 Å². The molecule has 8 rings (SSSR count). The minimum absolute atomic E-state index is 0.108. The first-order chi connectivity index (χ1) is 29.6. The van der Waals surface area contributed by atoms with Gasteiger partial charge in [0.05, 0.1) is 63.3 Å². The van der Waals surface area contributed by atoms with Gasteiger partial charge in [0.1, 0.15) is 23.4 Å². The van der Waals surface area contributed by atoms with E-state index in [0.717, 1.165) is 81.5 Å². The normalized spacial score (nSPS) is 18.3. The molecule has 4 amide bonds. The molecule has 61 heavy (non-hydrogen) atoms. The molecule has 15 heteroatoms. The Morgan fingerprint density at radius 3 is 1.89 bits per heavy atom. The van der Waals surface area contributed by atoms with E-state index >= 15 is 0 Å². The summed E-state index contributed by atoms with van der Waals surface area (Å²) in [6.07, 6.45) is 6.69. The second-order valence-corrected chi connectivity index (χ2v) is 16.1. The van der Waals surface area contributed by atoms with Gasteiger partial charge < -0.3 is 39.3 Å². The highest BCUT2D eigenvalue weighted by Gasteiger charge is 2.38. The van der Waals surface area contributed by atoms with Crippen LogP contribution < -0.4 is 10.6 Å². The Bertz CT molecular complexity index is 2450. The summed E-state index contributed by atoms with van der Waals surface area (Å²) < 4.78 is 15.1. The summed E-state index contributed by atoms with van der Waals surface area (Å²) in [4.78, 5) is 71.7. The smallest absolute Gasteiger partial charge is 0.411 e. The van der Waals surface area contributed by atoms with E-state index in [2.05, 4.69) is 81.3 Å². The number of benzene rings is 3. The highest BCUT2D eigenvalue weighted by atomic mass is 16.5. The SMILES string of the molecule is COC(=O)NC(C(=O)N1CCCC1c1ncc(-c2ccc(-c3ccc4cc(-c5cnc(C6CCCN6C(=O)C(NC(=O)OC)C(C)C)[nH]5)ccc4c3)cc2)[nH]1)=C1CCOCC1. The number of hydrogen-bond donors (Lipinski definition) is 4. The standard InChI is InChI=1S/C46H52N8O7/c1-27(2)39(51-45(57)59-3)43(55)53-19-5-7-37(53)42-48-26-36(50-42)34-16-15-32-23-31(13-14-33(32)24-34)28-9-11-29(12-10-28)35-25-47-41(49-35)38-8-6-20-54(38)44(56)40(52-46(58)60-4)30-17-21-61-22-18-30/h9-16,23-27,37-39H,5-8,17-22H2,1-4H3,(H,47,49)(H,48,50)(H,51,57)(H,52,58). The fraction of sp³-hybridized carbons (Fsp3) is 0.391. The van der Waals surface area contributed by atoms with Crippen molar-refractivity contribution < 1.29 is 33.4 Å². The molecule has 3 atom stereocenters. The van der Waals surface area contributed by atoms with Crippen LogP contribution >= 0.6 is 0 Å². The molecule has 5 heterocycles. The Balaban J connectivity index is 0.942. The van der Waals surface area contributed by atoms with Crippen molar-refractivity contribution in [2.45, 2.75) is 70.5 Å². The first-order valence-electron chi connectivity index (χ1n) is 21.0. The first-order valence-corrected chi connectivity index (χ1v) is 21.0. The maximum Gasteiger partial charge on any atom is 0.411 e. The molecular weight excluding hydrogens is 777 g/mol. The average molecular weight is 829 g/mol. The maximum absolute atomic E-state index is 13.9. The van der Waals surface area contributed by atoms with Crippen molar-refractivity contribution in [3.05, 3.63) is 96.0 Å². The molecular formula is C46H52N8O7. The van der Waals surface area contributed by atoms with Crippen molar-refractivity contribution in [3.63, 3.8) is 0 Å². The molecule has 3 aliphatic rings. The molecule has 3 fully saturated rings. The van der Waals surface area contributed by atoms with Gasteiger partial charge in [-0.05, 0) is 89.6 Å². The zero-order valence-corrected chi connectivity index (χ0v) is 35.0. The third-order valence-corrected chi connectivity index (χ3v) is 12.0. The lowest BCUT2D eigenvalue weighted by molar-refractivity contribution is -0.135. The molecule has 0 saturated carbocycles. The van der Waals surface area contributed by atoms with Crippen LogP contribution in [-0.2, 0) is 23.8 Å². The quantitative estimate of drug-likeness (QED) is 0.104. The van der Waals surface area contributed by atoms with E-state index in [1.807, 2.05) is 31.1 Å². The Morgan fingerprint density at radius 1 is 0.721 bits per heavy atom. The van der Waals surface area contributed by atoms with Crippen LogP contribution in [0.5, 0.6) is 0 Å². The summed E-state index contributed by atoms with van der Waals surface area (Å²) in [6, 6.07) is 19.9. The molecule has 3 aliphatic heterocycles. The summed E-state index contributed by atoms with van der Waals surface area (Å²) in [5.41, 5.74) is 6.99. The number of hydrogen-bond acceptors (Lipinski definition) is 9. The molecule has 0 bridgehead atoms. The summed E-state index contributed by atoms with van der Waals surface area (Å²) >= 11 is 0. The van der Waals surface area contributed by atoms with Crippen molar-refractivity contribution >= 4 is 34.8 Å². The lowest BCUT2D eigenvalue weighted by Gasteiger charge is -2.30. The number of fused-ring (bicyclic) bond motifs is 1. The first kappa shape index (κ1) is 41.3. The number of aromatic nitrogens is 4. The Labute approximate surface area is 354 Å². The highest BCUT2D eigenvalue weighted by Crippen LogP contribution is 2.36. The van der Waals surface area contributed by atoms with Crippen molar-refractivity contribution in [1.82, 2.24) is 40.4 Å². The number of carbonyl (C=O) groups is 4. The van der Waals surface area contributed by atoms with Gasteiger partial charge in [0.2, 0.25) is 5.91 Å². The van der Waals surface area contributed by atoms with Gasteiger partial charge in [-0.15, -0.1) is 0 Å². The summed E-state index contributed by atoms with van der Waals surface area (Å²) in [6.45, 7) is 5.96. The second kappa shape index (κ2) is 18.0. The van der Waals surface area contributed by atoms with E-state index in [1.54, 1.807) is 4.90 Å². The molecule has 0 spiro atoms. The van der Waals surface area contributed by atoms with Crippen LogP contribution in [0.1, 0.15) is 76.1 Å². The molecule has 5 aromatic rings. The van der Waals surface area contributed by atoms with Crippen LogP contribution in [0, 0.1) is 5.92 Å². The lowest BCUT2D eigenvalue weighted by Crippen LogP contribution is -2.51. The molecule has 2 aromatic heterocycles. The molecule has 3 unspecified atom stereocenters. The number of H-pyrrole nitrogens is 2. The van der Waals surface area contributed by atoms with Gasteiger partial charge in [-0.25, -0.2) is 19.6 Å². The predicted octanol–water partition coefficient (Wildman–Crippen LogP) is 7.42. The topological polar surface area (TPSA) is 184 Å². The van der Waals surface area contributed by atoms with Gasteiger partial charge in [0, 0.05) is 18.7 Å². The lowest BCUT2D eigenvalue weighted by atomic mass is 9.98. The van der Waals surface area contributed by atoms with E-state index in [-0.39, 0.29) is 35.5 Å².